The molecule has 2 aromatic rings. The first kappa shape index (κ1) is 48.6. The number of alkyl carbamates (subject to hydrolysis) is 2. The number of fused-ring (bicyclic) bond motifs is 2. The normalized spacial score (nSPS) is 23.1. The van der Waals surface area contributed by atoms with Crippen molar-refractivity contribution < 1.29 is 72.0 Å². The number of rotatable bonds is 26. The van der Waals surface area contributed by atoms with Crippen molar-refractivity contribution >= 4 is 60.9 Å². The van der Waals surface area contributed by atoms with Crippen LogP contribution in [0, 0.1) is 29.6 Å². The predicted molar refractivity (Wildman–Crippen MR) is 224 cm³/mol. The van der Waals surface area contributed by atoms with E-state index in [-0.39, 0.29) is 72.4 Å². The lowest BCUT2D eigenvalue weighted by atomic mass is 10.0. The van der Waals surface area contributed by atoms with Crippen LogP contribution < -0.4 is 25.8 Å². The number of hydrogen-bond donors (Lipinski definition) is 6. The molecule has 2 amide bonds. The van der Waals surface area contributed by atoms with Gasteiger partial charge in [-0.1, -0.05) is 0 Å². The number of halogens is 2. The number of amides is 2. The van der Waals surface area contributed by atoms with Crippen molar-refractivity contribution in [3.8, 4) is 23.3 Å². The Kier molecular flexibility index (Phi) is 20.9. The van der Waals surface area contributed by atoms with Crippen molar-refractivity contribution in [3.05, 3.63) is 21.2 Å². The summed E-state index contributed by atoms with van der Waals surface area (Å²) in [5, 5.41) is 26.6. The second-order valence-corrected chi connectivity index (χ2v) is 15.9. The van der Waals surface area contributed by atoms with Crippen LogP contribution in [0.25, 0.3) is 10.9 Å². The predicted octanol–water partition coefficient (Wildman–Crippen LogP) is 2.75. The molecule has 61 heavy (non-hydrogen) atoms. The van der Waals surface area contributed by atoms with E-state index in [2.05, 4.69) is 59.3 Å². The van der Waals surface area contributed by atoms with E-state index < -0.39 is 42.8 Å². The van der Waals surface area contributed by atoms with Gasteiger partial charge in [0.15, 0.2) is 6.10 Å². The SMILES string of the molecule is NCCOC(=O)[C@H]1O[C@@H](Oc2c[nH]c3cc(Br)c(OCCOCCOCCOC(=O)NCCOCCOCCNC(=O)OC[C@@H]4[C@@H]5CCC#CCC[C@@H]54)c(Br)c23)C[C@@H](O)[C@@H]1O. The molecule has 7 atom stereocenters. The first-order chi connectivity index (χ1) is 29.7. The number of H-pyrrole nitrogens is 1. The number of esters is 1. The van der Waals surface area contributed by atoms with Crippen molar-refractivity contribution in [2.24, 2.45) is 23.5 Å². The number of benzene rings is 1. The lowest BCUT2D eigenvalue weighted by molar-refractivity contribution is -0.230. The lowest BCUT2D eigenvalue weighted by Gasteiger charge is -2.35. The Morgan fingerprint density at radius 2 is 1.43 bits per heavy atom. The van der Waals surface area contributed by atoms with Gasteiger partial charge in [-0.05, 0) is 68.5 Å². The van der Waals surface area contributed by atoms with Gasteiger partial charge in [0.1, 0.15) is 37.4 Å². The Hall–Kier alpha value is -3.43. The Balaban J connectivity index is 0.832. The molecule has 2 aliphatic carbocycles. The molecule has 1 saturated carbocycles. The first-order valence-electron chi connectivity index (χ1n) is 20.4. The quantitative estimate of drug-likeness (QED) is 0.0343. The number of nitrogens with one attached hydrogen (secondary N) is 3. The van der Waals surface area contributed by atoms with Gasteiger partial charge in [0.25, 0.3) is 0 Å². The van der Waals surface area contributed by atoms with E-state index in [1.165, 1.54) is 0 Å². The zero-order chi connectivity index (χ0) is 43.4. The van der Waals surface area contributed by atoms with Gasteiger partial charge >= 0.3 is 18.2 Å². The highest BCUT2D eigenvalue weighted by atomic mass is 79.9. The van der Waals surface area contributed by atoms with Crippen LogP contribution in [-0.4, -0.2) is 157 Å². The molecule has 0 unspecified atom stereocenters. The van der Waals surface area contributed by atoms with Crippen LogP contribution in [0.5, 0.6) is 11.5 Å². The van der Waals surface area contributed by atoms with Gasteiger partial charge in [0.05, 0.1) is 85.4 Å². The number of ether oxygens (including phenoxy) is 10. The summed E-state index contributed by atoms with van der Waals surface area (Å²) in [6, 6.07) is 1.81. The summed E-state index contributed by atoms with van der Waals surface area (Å²) in [4.78, 5) is 39.3. The topological polar surface area (TPSA) is 250 Å². The third-order valence-electron chi connectivity index (χ3n) is 10.0. The molecule has 1 aromatic heterocycles. The van der Waals surface area contributed by atoms with Crippen LogP contribution in [-0.2, 0) is 42.7 Å². The van der Waals surface area contributed by atoms with Crippen LogP contribution in [0.3, 0.4) is 0 Å². The van der Waals surface area contributed by atoms with E-state index in [0.717, 1.165) is 25.7 Å². The third-order valence-corrected chi connectivity index (χ3v) is 11.4. The van der Waals surface area contributed by atoms with E-state index in [9.17, 15) is 24.6 Å². The zero-order valence-corrected chi connectivity index (χ0v) is 37.0. The molecular formula is C40H56Br2N4O15. The van der Waals surface area contributed by atoms with Crippen LogP contribution in [0.4, 0.5) is 9.59 Å². The number of aliphatic hydroxyl groups is 2. The van der Waals surface area contributed by atoms with E-state index in [1.54, 1.807) is 12.3 Å². The number of aromatic amines is 1. The molecule has 3 aliphatic rings. The molecule has 1 aromatic carbocycles. The molecular weight excluding hydrogens is 936 g/mol. The molecule has 340 valence electrons. The van der Waals surface area contributed by atoms with Crippen LogP contribution in [0.15, 0.2) is 21.2 Å². The Bertz CT molecular complexity index is 1740. The van der Waals surface area contributed by atoms with Crippen LogP contribution >= 0.6 is 31.9 Å². The maximum atomic E-state index is 12.4. The molecule has 0 spiro atoms. The maximum absolute atomic E-state index is 12.4. The number of carbonyl (C=O) groups is 3. The second-order valence-electron chi connectivity index (χ2n) is 14.2. The van der Waals surface area contributed by atoms with E-state index in [1.807, 2.05) is 0 Å². The summed E-state index contributed by atoms with van der Waals surface area (Å²) in [7, 11) is 0. The minimum atomic E-state index is -1.48. The number of nitrogens with two attached hydrogens (primary N) is 1. The average Bonchev–Trinajstić information content (AvgIpc) is 3.71. The fourth-order valence-electron chi connectivity index (χ4n) is 6.94. The van der Waals surface area contributed by atoms with E-state index in [0.29, 0.717) is 82.1 Å². The minimum Gasteiger partial charge on any atom is -0.489 e. The van der Waals surface area contributed by atoms with Gasteiger partial charge in [0, 0.05) is 45.1 Å². The molecule has 5 rings (SSSR count). The Labute approximate surface area is 370 Å². The van der Waals surface area contributed by atoms with Crippen molar-refractivity contribution in [3.63, 3.8) is 0 Å². The number of hydrogen-bond acceptors (Lipinski definition) is 16. The standard InChI is InChI=1S/C40H56Br2N4O15/c41-28-21-29-33(31(23-46-29)60-32-22-30(47)35(48)37(61-32)38(49)57-10-7-43)34(42)36(28)56-19-17-54-15-16-55-18-20-58-39(50)44-8-11-52-13-14-53-12-9-45-40(51)59-24-27-25-5-3-1-2-4-6-26(25)27/h21,23,25-27,30,32,35,37,46-48H,3-20,22,24,43H2,(H,44,50)(H,45,51)/t25-,26+,27-,30-,32-,35+,37+/m1/s1. The van der Waals surface area contributed by atoms with E-state index in [4.69, 9.17) is 53.1 Å². The zero-order valence-electron chi connectivity index (χ0n) is 33.9. The van der Waals surface area contributed by atoms with Gasteiger partial charge < -0.3 is 78.9 Å². The summed E-state index contributed by atoms with van der Waals surface area (Å²) in [6.07, 6.45) is -0.724. The van der Waals surface area contributed by atoms with Gasteiger partial charge in [-0.3, -0.25) is 0 Å². The summed E-state index contributed by atoms with van der Waals surface area (Å²) in [5.74, 6) is 8.09. The van der Waals surface area contributed by atoms with Crippen molar-refractivity contribution in [1.82, 2.24) is 15.6 Å². The summed E-state index contributed by atoms with van der Waals surface area (Å²) >= 11 is 7.12. The third kappa shape index (κ3) is 15.7. The van der Waals surface area contributed by atoms with Gasteiger partial charge in [0.2, 0.25) is 6.29 Å². The molecule has 0 radical (unpaired) electrons. The number of aromatic nitrogens is 1. The highest BCUT2D eigenvalue weighted by Crippen LogP contribution is 2.52. The van der Waals surface area contributed by atoms with Crippen molar-refractivity contribution in [1.29, 1.82) is 0 Å². The van der Waals surface area contributed by atoms with Gasteiger partial charge in [-0.15, -0.1) is 11.8 Å². The molecule has 1 aliphatic heterocycles. The molecule has 21 heteroatoms. The molecule has 2 fully saturated rings. The number of aliphatic hydroxyl groups excluding tert-OH is 2. The summed E-state index contributed by atoms with van der Waals surface area (Å²) < 4.78 is 56.3. The lowest BCUT2D eigenvalue weighted by Crippen LogP contribution is -2.53. The molecule has 2 heterocycles. The Morgan fingerprint density at radius 3 is 2.08 bits per heavy atom. The highest BCUT2D eigenvalue weighted by molar-refractivity contribution is 9.11. The van der Waals surface area contributed by atoms with Crippen LogP contribution in [0.2, 0.25) is 0 Å². The van der Waals surface area contributed by atoms with Crippen molar-refractivity contribution in [2.75, 3.05) is 98.9 Å². The van der Waals surface area contributed by atoms with Crippen molar-refractivity contribution in [2.45, 2.75) is 56.7 Å². The van der Waals surface area contributed by atoms with Crippen LogP contribution in [0.1, 0.15) is 32.1 Å². The molecule has 19 nitrogen and oxygen atoms in total. The smallest absolute Gasteiger partial charge is 0.407 e. The molecule has 7 N–H and O–H groups in total. The Morgan fingerprint density at radius 1 is 0.820 bits per heavy atom. The summed E-state index contributed by atoms with van der Waals surface area (Å²) in [6.45, 7) is 3.69. The van der Waals surface area contributed by atoms with Gasteiger partial charge in [-0.25, -0.2) is 14.4 Å². The monoisotopic (exact) mass is 990 g/mol. The fourth-order valence-corrected chi connectivity index (χ4v) is 8.48. The largest absolute Gasteiger partial charge is 0.489 e. The number of carbonyl (C=O) groups excluding carboxylic acids is 3. The van der Waals surface area contributed by atoms with Gasteiger partial charge in [-0.2, -0.15) is 0 Å². The van der Waals surface area contributed by atoms with E-state index >= 15 is 0 Å². The minimum absolute atomic E-state index is 0.0599. The second kappa shape index (κ2) is 26.3. The molecule has 1 saturated heterocycles. The highest BCUT2D eigenvalue weighted by Gasteiger charge is 2.49. The fraction of sp³-hybridized carbons (Fsp3) is 0.675. The molecule has 0 bridgehead atoms. The average molecular weight is 993 g/mol. The maximum Gasteiger partial charge on any atom is 0.407 e. The summed E-state index contributed by atoms with van der Waals surface area (Å²) in [5.41, 5.74) is 6.09. The first-order valence-corrected chi connectivity index (χ1v) is 22.0.